The topological polar surface area (TPSA) is 67.9 Å². The van der Waals surface area contributed by atoms with Gasteiger partial charge in [0.25, 0.3) is 5.91 Å². The van der Waals surface area contributed by atoms with E-state index in [0.717, 1.165) is 28.3 Å². The highest BCUT2D eigenvalue weighted by Crippen LogP contribution is 2.27. The fourth-order valence-corrected chi connectivity index (χ4v) is 3.23. The van der Waals surface area contributed by atoms with E-state index in [4.69, 9.17) is 4.74 Å². The first-order chi connectivity index (χ1) is 14.1. The molecular weight excluding hydrogens is 401 g/mol. The molecule has 6 nitrogen and oxygen atoms in total. The van der Waals surface area contributed by atoms with E-state index in [1.54, 1.807) is 14.0 Å². The fraction of sp³-hybridized carbons (Fsp3) is 0.333. The number of carbonyl (C=O) groups excluding carboxylic acids is 2. The van der Waals surface area contributed by atoms with E-state index < -0.39 is 17.9 Å². The quantitative estimate of drug-likeness (QED) is 0.684. The summed E-state index contributed by atoms with van der Waals surface area (Å²) in [5, 5.41) is 2.72. The summed E-state index contributed by atoms with van der Waals surface area (Å²) in [7, 11) is 1.58. The minimum Gasteiger partial charge on any atom is -0.497 e. The normalized spacial score (nSPS) is 19.0. The van der Waals surface area contributed by atoms with E-state index in [0.29, 0.717) is 18.4 Å². The number of halogens is 3. The van der Waals surface area contributed by atoms with E-state index in [-0.39, 0.29) is 18.2 Å². The molecule has 3 rings (SSSR count). The third-order valence-electron chi connectivity index (χ3n) is 4.92. The van der Waals surface area contributed by atoms with E-state index in [2.05, 4.69) is 10.1 Å². The largest absolute Gasteiger partial charge is 0.573 e. The van der Waals surface area contributed by atoms with Crippen LogP contribution in [0.1, 0.15) is 24.5 Å². The maximum absolute atomic E-state index is 12.9. The van der Waals surface area contributed by atoms with Crippen LogP contribution in [0.4, 0.5) is 18.0 Å². The summed E-state index contributed by atoms with van der Waals surface area (Å²) >= 11 is 0. The number of nitrogens with one attached hydrogen (secondary N) is 1. The summed E-state index contributed by atoms with van der Waals surface area (Å²) in [4.78, 5) is 26.3. The molecule has 1 N–H and O–H groups in total. The predicted molar refractivity (Wildman–Crippen MR) is 102 cm³/mol. The number of hydrogen-bond acceptors (Lipinski definition) is 4. The van der Waals surface area contributed by atoms with Gasteiger partial charge >= 0.3 is 12.4 Å². The van der Waals surface area contributed by atoms with Crippen molar-refractivity contribution in [2.75, 3.05) is 7.11 Å². The number of imide groups is 1. The summed E-state index contributed by atoms with van der Waals surface area (Å²) < 4.78 is 45.7. The summed E-state index contributed by atoms with van der Waals surface area (Å²) in [6, 6.07) is 12.0. The highest BCUT2D eigenvalue weighted by molar-refractivity contribution is 6.06. The molecule has 0 bridgehead atoms. The molecule has 1 saturated heterocycles. The van der Waals surface area contributed by atoms with Gasteiger partial charge in [0.05, 0.1) is 13.7 Å². The average molecular weight is 422 g/mol. The monoisotopic (exact) mass is 422 g/mol. The van der Waals surface area contributed by atoms with Gasteiger partial charge < -0.3 is 14.8 Å². The zero-order chi connectivity index (χ0) is 21.9. The Kier molecular flexibility index (Phi) is 5.91. The fourth-order valence-electron chi connectivity index (χ4n) is 3.23. The maximum Gasteiger partial charge on any atom is 0.573 e. The van der Waals surface area contributed by atoms with E-state index in [1.807, 2.05) is 24.3 Å². The second-order valence-corrected chi connectivity index (χ2v) is 7.19. The Morgan fingerprint density at radius 3 is 2.10 bits per heavy atom. The molecule has 9 heteroatoms. The van der Waals surface area contributed by atoms with Gasteiger partial charge in [-0.05, 0) is 55.2 Å². The highest BCUT2D eigenvalue weighted by atomic mass is 19.4. The average Bonchev–Trinajstić information content (AvgIpc) is 2.90. The number of rotatable bonds is 7. The summed E-state index contributed by atoms with van der Waals surface area (Å²) in [5.41, 5.74) is 0.446. The Balaban J connectivity index is 1.63. The lowest BCUT2D eigenvalue weighted by Gasteiger charge is -2.22. The second kappa shape index (κ2) is 8.25. The Morgan fingerprint density at radius 2 is 1.53 bits per heavy atom. The van der Waals surface area contributed by atoms with E-state index in [1.165, 1.54) is 12.1 Å². The minimum absolute atomic E-state index is 0.0465. The van der Waals surface area contributed by atoms with Gasteiger partial charge in [0.15, 0.2) is 0 Å². The van der Waals surface area contributed by atoms with E-state index >= 15 is 0 Å². The van der Waals surface area contributed by atoms with Gasteiger partial charge in [-0.1, -0.05) is 24.3 Å². The van der Waals surface area contributed by atoms with Gasteiger partial charge in [-0.15, -0.1) is 13.2 Å². The van der Waals surface area contributed by atoms with Crippen LogP contribution in [0.15, 0.2) is 48.5 Å². The first kappa shape index (κ1) is 21.5. The molecule has 0 aliphatic carbocycles. The minimum atomic E-state index is -4.78. The van der Waals surface area contributed by atoms with Crippen molar-refractivity contribution in [3.05, 3.63) is 59.7 Å². The summed E-state index contributed by atoms with van der Waals surface area (Å²) in [5.74, 6) is -0.0163. The number of carbonyl (C=O) groups is 2. The molecule has 0 saturated carbocycles. The number of alkyl halides is 3. The zero-order valence-corrected chi connectivity index (χ0v) is 16.5. The van der Waals surface area contributed by atoms with Crippen molar-refractivity contribution < 1.29 is 32.2 Å². The number of methoxy groups -OCH3 is 1. The molecule has 2 aromatic rings. The second-order valence-electron chi connectivity index (χ2n) is 7.19. The van der Waals surface area contributed by atoms with Crippen molar-refractivity contribution in [2.24, 2.45) is 0 Å². The SMILES string of the molecule is COc1ccc(CC[C@]2(C)NC(=O)N(Cc3ccc(OC(F)(F)F)cc3)C2=O)cc1. The predicted octanol–water partition coefficient (Wildman–Crippen LogP) is 4.04. The third kappa shape index (κ3) is 5.03. The molecule has 30 heavy (non-hydrogen) atoms. The standard InChI is InChI=1S/C21H21F3N2O4/c1-20(12-11-14-3-7-16(29-2)8-4-14)18(27)26(19(28)25-20)13-15-5-9-17(10-6-15)30-21(22,23)24/h3-10H,11-13H2,1-2H3,(H,25,28)/t20-/m0/s1. The van der Waals surface area contributed by atoms with Crippen LogP contribution < -0.4 is 14.8 Å². The molecule has 1 fully saturated rings. The Labute approximate surface area is 171 Å². The van der Waals surface area contributed by atoms with Gasteiger partial charge in [-0.3, -0.25) is 9.69 Å². The molecule has 3 amide bonds. The maximum atomic E-state index is 12.9. The molecule has 160 valence electrons. The molecule has 1 aliphatic heterocycles. The first-order valence-corrected chi connectivity index (χ1v) is 9.21. The molecular formula is C21H21F3N2O4. The number of ether oxygens (including phenoxy) is 2. The molecule has 1 aliphatic rings. The van der Waals surface area contributed by atoms with Crippen LogP contribution in [0.5, 0.6) is 11.5 Å². The lowest BCUT2D eigenvalue weighted by atomic mass is 9.93. The van der Waals surface area contributed by atoms with Gasteiger partial charge in [-0.25, -0.2) is 4.79 Å². The van der Waals surface area contributed by atoms with Crippen molar-refractivity contribution in [1.29, 1.82) is 0 Å². The molecule has 0 spiro atoms. The van der Waals surface area contributed by atoms with Crippen molar-refractivity contribution in [3.63, 3.8) is 0 Å². The number of aryl methyl sites for hydroxylation is 1. The van der Waals surface area contributed by atoms with Crippen molar-refractivity contribution >= 4 is 11.9 Å². The van der Waals surface area contributed by atoms with E-state index in [9.17, 15) is 22.8 Å². The van der Waals surface area contributed by atoms with Gasteiger partial charge in [0.2, 0.25) is 0 Å². The lowest BCUT2D eigenvalue weighted by Crippen LogP contribution is -2.44. The van der Waals surface area contributed by atoms with Crippen LogP contribution in [-0.4, -0.2) is 35.8 Å². The molecule has 0 radical (unpaired) electrons. The van der Waals surface area contributed by atoms with Crippen LogP contribution in [0.3, 0.4) is 0 Å². The third-order valence-corrected chi connectivity index (χ3v) is 4.92. The van der Waals surface area contributed by atoms with Crippen molar-refractivity contribution in [3.8, 4) is 11.5 Å². The molecule has 1 heterocycles. The van der Waals surface area contributed by atoms with Crippen molar-refractivity contribution in [2.45, 2.75) is 38.2 Å². The number of hydrogen-bond donors (Lipinski definition) is 1. The van der Waals surface area contributed by atoms with Gasteiger partial charge in [0.1, 0.15) is 17.0 Å². The molecule has 0 aromatic heterocycles. The smallest absolute Gasteiger partial charge is 0.497 e. The van der Waals surface area contributed by atoms with Gasteiger partial charge in [0, 0.05) is 0 Å². The van der Waals surface area contributed by atoms with Gasteiger partial charge in [-0.2, -0.15) is 0 Å². The first-order valence-electron chi connectivity index (χ1n) is 9.21. The zero-order valence-electron chi connectivity index (χ0n) is 16.5. The van der Waals surface area contributed by atoms with Crippen LogP contribution in [0.2, 0.25) is 0 Å². The number of benzene rings is 2. The highest BCUT2D eigenvalue weighted by Gasteiger charge is 2.47. The van der Waals surface area contributed by atoms with Crippen molar-refractivity contribution in [1.82, 2.24) is 10.2 Å². The van der Waals surface area contributed by atoms with Crippen LogP contribution in [-0.2, 0) is 17.8 Å². The van der Waals surface area contributed by atoms with Crippen LogP contribution >= 0.6 is 0 Å². The summed E-state index contributed by atoms with van der Waals surface area (Å²) in [6.07, 6.45) is -3.80. The van der Waals surface area contributed by atoms with Crippen LogP contribution in [0.25, 0.3) is 0 Å². The number of nitrogens with zero attached hydrogens (tertiary/aromatic N) is 1. The summed E-state index contributed by atoms with van der Waals surface area (Å²) in [6.45, 7) is 1.62. The van der Waals surface area contributed by atoms with Crippen LogP contribution in [0, 0.1) is 0 Å². The molecule has 1 atom stereocenters. The number of urea groups is 1. The lowest BCUT2D eigenvalue weighted by molar-refractivity contribution is -0.274. The Bertz CT molecular complexity index is 913. The number of amides is 3. The Morgan fingerprint density at radius 1 is 0.967 bits per heavy atom. The Hall–Kier alpha value is -3.23. The molecule has 2 aromatic carbocycles. The molecule has 0 unspecified atom stereocenters.